The van der Waals surface area contributed by atoms with Crippen LogP contribution in [-0.4, -0.2) is 18.7 Å². The zero-order valence-corrected chi connectivity index (χ0v) is 11.3. The molecule has 0 aliphatic heterocycles. The molecule has 1 heterocycles. The summed E-state index contributed by atoms with van der Waals surface area (Å²) in [6, 6.07) is 3.45. The number of hydrogen-bond acceptors (Lipinski definition) is 3. The quantitative estimate of drug-likeness (QED) is 0.844. The number of sulfone groups is 1. The van der Waals surface area contributed by atoms with Crippen molar-refractivity contribution in [2.24, 2.45) is 0 Å². The molecule has 0 aromatic carbocycles. The largest absolute Gasteiger partial charge is 0.244 e. The van der Waals surface area contributed by atoms with Gasteiger partial charge in [0, 0.05) is 6.20 Å². The Morgan fingerprint density at radius 3 is 2.56 bits per heavy atom. The van der Waals surface area contributed by atoms with Gasteiger partial charge in [-0.05, 0) is 40.9 Å². The molecule has 2 rings (SSSR count). The summed E-state index contributed by atoms with van der Waals surface area (Å²) < 4.78 is 25.2. The molecule has 0 N–H and O–H groups in total. The van der Waals surface area contributed by atoms with E-state index in [0.29, 0.717) is 4.47 Å². The molecule has 0 saturated heterocycles. The van der Waals surface area contributed by atoms with Crippen molar-refractivity contribution in [1.82, 2.24) is 4.98 Å². The van der Waals surface area contributed by atoms with Crippen LogP contribution in [0.2, 0.25) is 0 Å². The summed E-state index contributed by atoms with van der Waals surface area (Å²) >= 11 is 3.26. The molecular weight excluding hydrogens is 290 g/mol. The summed E-state index contributed by atoms with van der Waals surface area (Å²) in [5.74, 6) is 0. The third kappa shape index (κ3) is 2.30. The van der Waals surface area contributed by atoms with Crippen LogP contribution in [0.4, 0.5) is 0 Å². The number of halogens is 1. The second kappa shape index (κ2) is 4.84. The van der Waals surface area contributed by atoms with Crippen LogP contribution >= 0.6 is 15.9 Å². The summed E-state index contributed by atoms with van der Waals surface area (Å²) in [5, 5.41) is -0.0469. The molecule has 0 amide bonds. The molecular formula is C11H14BrNO2S. The molecule has 1 aliphatic rings. The Hall–Kier alpha value is -0.420. The predicted molar refractivity (Wildman–Crippen MR) is 66.0 cm³/mol. The topological polar surface area (TPSA) is 47.0 Å². The van der Waals surface area contributed by atoms with Crippen molar-refractivity contribution in [3.8, 4) is 0 Å². The van der Waals surface area contributed by atoms with Crippen LogP contribution < -0.4 is 0 Å². The van der Waals surface area contributed by atoms with Gasteiger partial charge in [-0.1, -0.05) is 19.3 Å². The van der Waals surface area contributed by atoms with E-state index in [2.05, 4.69) is 20.9 Å². The smallest absolute Gasteiger partial charge is 0.199 e. The van der Waals surface area contributed by atoms with Crippen LogP contribution in [0.25, 0.3) is 0 Å². The lowest BCUT2D eigenvalue weighted by molar-refractivity contribution is 0.482. The zero-order valence-electron chi connectivity index (χ0n) is 8.89. The molecule has 5 heteroatoms. The Labute approximate surface area is 104 Å². The Morgan fingerprint density at radius 2 is 1.94 bits per heavy atom. The van der Waals surface area contributed by atoms with E-state index in [9.17, 15) is 8.42 Å². The summed E-state index contributed by atoms with van der Waals surface area (Å²) in [5.41, 5.74) is 0. The molecule has 0 bridgehead atoms. The number of pyridine rings is 1. The minimum Gasteiger partial charge on any atom is -0.244 e. The van der Waals surface area contributed by atoms with Gasteiger partial charge < -0.3 is 0 Å². The van der Waals surface area contributed by atoms with Gasteiger partial charge >= 0.3 is 0 Å². The monoisotopic (exact) mass is 303 g/mol. The van der Waals surface area contributed by atoms with E-state index in [1.165, 1.54) is 6.20 Å². The maximum Gasteiger partial charge on any atom is 0.199 e. The lowest BCUT2D eigenvalue weighted by atomic mass is 10.0. The average Bonchev–Trinajstić information content (AvgIpc) is 2.30. The summed E-state index contributed by atoms with van der Waals surface area (Å²) in [4.78, 5) is 3.99. The molecule has 16 heavy (non-hydrogen) atoms. The average molecular weight is 304 g/mol. The third-order valence-electron chi connectivity index (χ3n) is 2.99. The second-order valence-corrected chi connectivity index (χ2v) is 7.09. The van der Waals surface area contributed by atoms with E-state index in [4.69, 9.17) is 0 Å². The van der Waals surface area contributed by atoms with Gasteiger partial charge in [0.15, 0.2) is 14.9 Å². The molecule has 0 atom stereocenters. The van der Waals surface area contributed by atoms with Crippen molar-refractivity contribution in [3.05, 3.63) is 22.8 Å². The van der Waals surface area contributed by atoms with E-state index < -0.39 is 9.84 Å². The van der Waals surface area contributed by atoms with Crippen LogP contribution in [0.1, 0.15) is 32.1 Å². The fraction of sp³-hybridized carbons (Fsp3) is 0.545. The normalized spacial score (nSPS) is 18.6. The Morgan fingerprint density at radius 1 is 1.25 bits per heavy atom. The first-order chi connectivity index (χ1) is 7.62. The molecule has 0 spiro atoms. The van der Waals surface area contributed by atoms with E-state index in [1.54, 1.807) is 12.1 Å². The van der Waals surface area contributed by atoms with Gasteiger partial charge in [-0.2, -0.15) is 0 Å². The van der Waals surface area contributed by atoms with E-state index in [-0.39, 0.29) is 10.3 Å². The molecule has 1 aliphatic carbocycles. The molecule has 0 unspecified atom stereocenters. The lowest BCUT2D eigenvalue weighted by Gasteiger charge is -2.21. The van der Waals surface area contributed by atoms with Crippen LogP contribution in [0.15, 0.2) is 27.8 Å². The fourth-order valence-electron chi connectivity index (χ4n) is 2.11. The highest BCUT2D eigenvalue weighted by molar-refractivity contribution is 9.10. The standard InChI is InChI=1S/C11H14BrNO2S/c12-10-7-4-8-13-11(10)16(14,15)9-5-2-1-3-6-9/h4,7-9H,1-3,5-6H2. The van der Waals surface area contributed by atoms with E-state index in [0.717, 1.165) is 32.1 Å². The minimum atomic E-state index is -3.25. The van der Waals surface area contributed by atoms with Crippen LogP contribution in [-0.2, 0) is 9.84 Å². The first-order valence-corrected chi connectivity index (χ1v) is 7.81. The highest BCUT2D eigenvalue weighted by atomic mass is 79.9. The van der Waals surface area contributed by atoms with Crippen LogP contribution in [0.3, 0.4) is 0 Å². The Balaban J connectivity index is 2.35. The maximum absolute atomic E-state index is 12.3. The zero-order chi connectivity index (χ0) is 11.6. The van der Waals surface area contributed by atoms with Crippen molar-refractivity contribution in [2.45, 2.75) is 42.4 Å². The van der Waals surface area contributed by atoms with Crippen molar-refractivity contribution < 1.29 is 8.42 Å². The maximum atomic E-state index is 12.3. The number of nitrogens with zero attached hydrogens (tertiary/aromatic N) is 1. The number of rotatable bonds is 2. The highest BCUT2D eigenvalue weighted by Gasteiger charge is 2.31. The van der Waals surface area contributed by atoms with Gasteiger partial charge in [0.25, 0.3) is 0 Å². The molecule has 1 aromatic heterocycles. The molecule has 1 fully saturated rings. The van der Waals surface area contributed by atoms with Gasteiger partial charge in [-0.3, -0.25) is 0 Å². The highest BCUT2D eigenvalue weighted by Crippen LogP contribution is 2.30. The fourth-order valence-corrected chi connectivity index (χ4v) is 4.86. The van der Waals surface area contributed by atoms with Gasteiger partial charge in [-0.15, -0.1) is 0 Å². The van der Waals surface area contributed by atoms with Gasteiger partial charge in [0.1, 0.15) is 0 Å². The first kappa shape index (κ1) is 12.0. The predicted octanol–water partition coefficient (Wildman–Crippen LogP) is 2.95. The van der Waals surface area contributed by atoms with Crippen molar-refractivity contribution >= 4 is 25.8 Å². The van der Waals surface area contributed by atoms with Gasteiger partial charge in [0.05, 0.1) is 9.72 Å². The summed E-state index contributed by atoms with van der Waals surface area (Å²) in [7, 11) is -3.25. The second-order valence-electron chi connectivity index (χ2n) is 4.10. The number of aromatic nitrogens is 1. The summed E-state index contributed by atoms with van der Waals surface area (Å²) in [6.07, 6.45) is 6.23. The Bertz CT molecular complexity index is 467. The SMILES string of the molecule is O=S(=O)(c1ncccc1Br)C1CCCCC1. The minimum absolute atomic E-state index is 0.196. The van der Waals surface area contributed by atoms with E-state index >= 15 is 0 Å². The van der Waals surface area contributed by atoms with Crippen molar-refractivity contribution in [1.29, 1.82) is 0 Å². The Kier molecular flexibility index (Phi) is 3.64. The first-order valence-electron chi connectivity index (χ1n) is 5.47. The van der Waals surface area contributed by atoms with Crippen LogP contribution in [0.5, 0.6) is 0 Å². The molecule has 1 aromatic rings. The number of hydrogen-bond donors (Lipinski definition) is 0. The molecule has 1 saturated carbocycles. The van der Waals surface area contributed by atoms with Crippen molar-refractivity contribution in [3.63, 3.8) is 0 Å². The van der Waals surface area contributed by atoms with E-state index in [1.807, 2.05) is 0 Å². The van der Waals surface area contributed by atoms with Gasteiger partial charge in [-0.25, -0.2) is 13.4 Å². The molecule has 3 nitrogen and oxygen atoms in total. The lowest BCUT2D eigenvalue weighted by Crippen LogP contribution is -2.25. The van der Waals surface area contributed by atoms with Gasteiger partial charge in [0.2, 0.25) is 0 Å². The molecule has 0 radical (unpaired) electrons. The summed E-state index contributed by atoms with van der Waals surface area (Å²) in [6.45, 7) is 0. The third-order valence-corrected chi connectivity index (χ3v) is 6.10. The van der Waals surface area contributed by atoms with Crippen molar-refractivity contribution in [2.75, 3.05) is 0 Å². The van der Waals surface area contributed by atoms with Crippen LogP contribution in [0, 0.1) is 0 Å². The molecule has 88 valence electrons.